The lowest BCUT2D eigenvalue weighted by Gasteiger charge is -2.30. The zero-order valence-electron chi connectivity index (χ0n) is 10.8. The van der Waals surface area contributed by atoms with Gasteiger partial charge in [0.2, 0.25) is 0 Å². The van der Waals surface area contributed by atoms with Crippen LogP contribution in [0.5, 0.6) is 0 Å². The minimum atomic E-state index is -0.233. The van der Waals surface area contributed by atoms with Gasteiger partial charge in [-0.05, 0) is 25.5 Å². The largest absolute Gasteiger partial charge is 0.465 e. The molecule has 1 aromatic rings. The fraction of sp³-hybridized carbons (Fsp3) is 0.538. The number of rotatable bonds is 6. The van der Waals surface area contributed by atoms with Crippen LogP contribution in [0.15, 0.2) is 16.5 Å². The number of nitrogens with zero attached hydrogens (tertiary/aromatic N) is 3. The molecule has 5 nitrogen and oxygen atoms in total. The standard InChI is InChI=1S/C13H18N4O/c1-3-11(16)13(12-5-4-10(2)18-12)17(8-6-14)9-7-15/h4-5,11,13H,3,8-9,16H2,1-2H3. The van der Waals surface area contributed by atoms with Crippen LogP contribution in [0.1, 0.15) is 30.9 Å². The van der Waals surface area contributed by atoms with Crippen LogP contribution >= 0.6 is 0 Å². The molecule has 0 aliphatic carbocycles. The maximum atomic E-state index is 8.85. The van der Waals surface area contributed by atoms with Gasteiger partial charge in [0.05, 0.1) is 31.3 Å². The molecule has 0 aromatic carbocycles. The van der Waals surface area contributed by atoms with Gasteiger partial charge in [-0.15, -0.1) is 0 Å². The first-order valence-corrected chi connectivity index (χ1v) is 5.93. The molecule has 2 atom stereocenters. The molecule has 1 heterocycles. The number of nitrogens with two attached hydrogens (primary N) is 1. The van der Waals surface area contributed by atoms with Gasteiger partial charge in [0, 0.05) is 6.04 Å². The van der Waals surface area contributed by atoms with Crippen molar-refractivity contribution >= 4 is 0 Å². The topological polar surface area (TPSA) is 90.0 Å². The van der Waals surface area contributed by atoms with Crippen LogP contribution in [0.4, 0.5) is 0 Å². The number of nitriles is 2. The molecule has 0 aliphatic rings. The van der Waals surface area contributed by atoms with Crippen LogP contribution in [0.2, 0.25) is 0 Å². The molecule has 2 N–H and O–H groups in total. The minimum Gasteiger partial charge on any atom is -0.465 e. The van der Waals surface area contributed by atoms with Crippen molar-refractivity contribution in [2.75, 3.05) is 13.1 Å². The van der Waals surface area contributed by atoms with E-state index in [0.29, 0.717) is 5.76 Å². The Labute approximate surface area is 107 Å². The Morgan fingerprint density at radius 3 is 2.33 bits per heavy atom. The van der Waals surface area contributed by atoms with Crippen molar-refractivity contribution in [2.45, 2.75) is 32.4 Å². The average molecular weight is 246 g/mol. The summed E-state index contributed by atoms with van der Waals surface area (Å²) in [4.78, 5) is 1.74. The van der Waals surface area contributed by atoms with Crippen molar-refractivity contribution in [1.29, 1.82) is 10.5 Å². The fourth-order valence-electron chi connectivity index (χ4n) is 1.93. The van der Waals surface area contributed by atoms with Gasteiger partial charge in [-0.25, -0.2) is 0 Å². The Balaban J connectivity index is 3.03. The van der Waals surface area contributed by atoms with Gasteiger partial charge >= 0.3 is 0 Å². The number of hydrogen-bond acceptors (Lipinski definition) is 5. The van der Waals surface area contributed by atoms with Crippen LogP contribution in [0.25, 0.3) is 0 Å². The molecule has 0 saturated carbocycles. The molecule has 0 aliphatic heterocycles. The van der Waals surface area contributed by atoms with Crippen LogP contribution in [0.3, 0.4) is 0 Å². The van der Waals surface area contributed by atoms with Crippen molar-refractivity contribution in [3.05, 3.63) is 23.7 Å². The molecule has 0 bridgehead atoms. The zero-order valence-corrected chi connectivity index (χ0v) is 10.8. The van der Waals surface area contributed by atoms with E-state index in [0.717, 1.165) is 12.2 Å². The van der Waals surface area contributed by atoms with Gasteiger partial charge in [0.1, 0.15) is 11.5 Å². The highest BCUT2D eigenvalue weighted by atomic mass is 16.3. The summed E-state index contributed by atoms with van der Waals surface area (Å²) in [6, 6.07) is 7.45. The summed E-state index contributed by atoms with van der Waals surface area (Å²) >= 11 is 0. The second kappa shape index (κ2) is 6.80. The fourth-order valence-corrected chi connectivity index (χ4v) is 1.93. The van der Waals surface area contributed by atoms with Crippen LogP contribution in [-0.2, 0) is 0 Å². The number of hydrogen-bond donors (Lipinski definition) is 1. The van der Waals surface area contributed by atoms with E-state index in [2.05, 4.69) is 12.1 Å². The van der Waals surface area contributed by atoms with E-state index in [-0.39, 0.29) is 25.2 Å². The summed E-state index contributed by atoms with van der Waals surface area (Å²) in [7, 11) is 0. The van der Waals surface area contributed by atoms with Gasteiger partial charge in [-0.2, -0.15) is 10.5 Å². The third kappa shape index (κ3) is 3.33. The Bertz CT molecular complexity index is 438. The lowest BCUT2D eigenvalue weighted by molar-refractivity contribution is 0.183. The first-order chi connectivity index (χ1) is 8.63. The highest BCUT2D eigenvalue weighted by Gasteiger charge is 2.28. The number of furan rings is 1. The second-order valence-corrected chi connectivity index (χ2v) is 4.19. The van der Waals surface area contributed by atoms with Crippen LogP contribution in [0, 0.1) is 29.6 Å². The summed E-state index contributed by atoms with van der Waals surface area (Å²) in [5.41, 5.74) is 6.10. The predicted molar refractivity (Wildman–Crippen MR) is 67.3 cm³/mol. The highest BCUT2D eigenvalue weighted by molar-refractivity contribution is 5.13. The molecule has 0 radical (unpaired) electrons. The maximum Gasteiger partial charge on any atom is 0.122 e. The summed E-state index contributed by atoms with van der Waals surface area (Å²) in [5, 5.41) is 17.7. The van der Waals surface area contributed by atoms with E-state index < -0.39 is 0 Å². The molecule has 1 rings (SSSR count). The lowest BCUT2D eigenvalue weighted by atomic mass is 10.0. The van der Waals surface area contributed by atoms with E-state index in [1.807, 2.05) is 26.0 Å². The molecule has 0 spiro atoms. The van der Waals surface area contributed by atoms with E-state index in [9.17, 15) is 0 Å². The van der Waals surface area contributed by atoms with Gasteiger partial charge in [-0.1, -0.05) is 6.92 Å². The zero-order chi connectivity index (χ0) is 13.5. The summed E-state index contributed by atoms with van der Waals surface area (Å²) in [6.07, 6.45) is 0.748. The molecule has 0 fully saturated rings. The molecular formula is C13H18N4O. The Hall–Kier alpha value is -1.82. The molecule has 0 amide bonds. The molecule has 2 unspecified atom stereocenters. The average Bonchev–Trinajstić information content (AvgIpc) is 2.76. The molecule has 1 aromatic heterocycles. The van der Waals surface area contributed by atoms with Crippen molar-refractivity contribution in [2.24, 2.45) is 5.73 Å². The monoisotopic (exact) mass is 246 g/mol. The van der Waals surface area contributed by atoms with Gasteiger partial charge in [0.25, 0.3) is 0 Å². The van der Waals surface area contributed by atoms with Gasteiger partial charge in [0.15, 0.2) is 0 Å². The van der Waals surface area contributed by atoms with E-state index in [4.69, 9.17) is 20.7 Å². The van der Waals surface area contributed by atoms with Crippen LogP contribution < -0.4 is 5.73 Å². The summed E-state index contributed by atoms with van der Waals surface area (Å²) in [6.45, 7) is 4.15. The predicted octanol–water partition coefficient (Wildman–Crippen LogP) is 1.72. The first kappa shape index (κ1) is 14.2. The van der Waals surface area contributed by atoms with E-state index in [1.54, 1.807) is 4.90 Å². The molecule has 5 heteroatoms. The van der Waals surface area contributed by atoms with Crippen molar-refractivity contribution < 1.29 is 4.42 Å². The smallest absolute Gasteiger partial charge is 0.122 e. The summed E-state index contributed by atoms with van der Waals surface area (Å²) in [5.74, 6) is 1.51. The van der Waals surface area contributed by atoms with Crippen LogP contribution in [-0.4, -0.2) is 24.0 Å². The molecule has 96 valence electrons. The van der Waals surface area contributed by atoms with Crippen molar-refractivity contribution in [3.8, 4) is 12.1 Å². The van der Waals surface area contributed by atoms with Gasteiger partial charge < -0.3 is 10.2 Å². The van der Waals surface area contributed by atoms with Gasteiger partial charge in [-0.3, -0.25) is 4.90 Å². The maximum absolute atomic E-state index is 8.85. The normalized spacial score (nSPS) is 13.9. The third-order valence-electron chi connectivity index (χ3n) is 2.87. The molecule has 18 heavy (non-hydrogen) atoms. The molecule has 0 saturated heterocycles. The molecular weight excluding hydrogens is 228 g/mol. The quantitative estimate of drug-likeness (QED) is 0.772. The van der Waals surface area contributed by atoms with E-state index in [1.165, 1.54) is 0 Å². The highest BCUT2D eigenvalue weighted by Crippen LogP contribution is 2.26. The Kier molecular flexibility index (Phi) is 5.38. The SMILES string of the molecule is CCC(N)C(c1ccc(C)o1)N(CC#N)CC#N. The third-order valence-corrected chi connectivity index (χ3v) is 2.87. The second-order valence-electron chi connectivity index (χ2n) is 4.19. The Morgan fingerprint density at radius 2 is 1.94 bits per heavy atom. The first-order valence-electron chi connectivity index (χ1n) is 5.93. The Morgan fingerprint density at radius 1 is 1.33 bits per heavy atom. The van der Waals surface area contributed by atoms with E-state index >= 15 is 0 Å². The summed E-state index contributed by atoms with van der Waals surface area (Å²) < 4.78 is 5.60. The minimum absolute atomic E-state index is 0.158. The van der Waals surface area contributed by atoms with Crippen molar-refractivity contribution in [3.63, 3.8) is 0 Å². The lowest BCUT2D eigenvalue weighted by Crippen LogP contribution is -2.41. The van der Waals surface area contributed by atoms with Crippen molar-refractivity contribution in [1.82, 2.24) is 4.90 Å². The number of aryl methyl sites for hydroxylation is 1.